The molecule has 2 heterocycles. The van der Waals surface area contributed by atoms with E-state index in [1.807, 2.05) is 0 Å². The Bertz CT molecular complexity index is 1220. The first-order valence-electron chi connectivity index (χ1n) is 10.6. The Balaban J connectivity index is 1.77. The summed E-state index contributed by atoms with van der Waals surface area (Å²) >= 11 is 0. The van der Waals surface area contributed by atoms with Crippen molar-refractivity contribution in [1.29, 1.82) is 0 Å². The van der Waals surface area contributed by atoms with Gasteiger partial charge in [0.2, 0.25) is 10.0 Å². The molecule has 1 aliphatic heterocycles. The van der Waals surface area contributed by atoms with E-state index in [0.717, 1.165) is 0 Å². The molecule has 0 radical (unpaired) electrons. The third-order valence-corrected chi connectivity index (χ3v) is 6.87. The van der Waals surface area contributed by atoms with Gasteiger partial charge in [0.05, 0.1) is 16.9 Å². The summed E-state index contributed by atoms with van der Waals surface area (Å²) in [5, 5.41) is 3.12. The number of nitrogens with one attached hydrogen (secondary N) is 1. The van der Waals surface area contributed by atoms with E-state index in [1.165, 1.54) is 39.3 Å². The van der Waals surface area contributed by atoms with Crippen molar-refractivity contribution in [2.45, 2.75) is 57.9 Å². The Morgan fingerprint density at radius 3 is 2.42 bits per heavy atom. The number of amides is 1. The number of fused-ring (bicyclic) bond motifs is 1. The van der Waals surface area contributed by atoms with Crippen LogP contribution in [0.5, 0.6) is 0 Å². The number of sulfonamides is 1. The largest absolute Gasteiger partial charge is 0.444 e. The molecule has 1 saturated heterocycles. The van der Waals surface area contributed by atoms with Crippen molar-refractivity contribution in [2.24, 2.45) is 5.92 Å². The molecule has 11 heteroatoms. The minimum atomic E-state index is -3.89. The number of carbonyl (C=O) groups is 2. The van der Waals surface area contributed by atoms with E-state index in [0.29, 0.717) is 0 Å². The Kier molecular flexibility index (Phi) is 6.85. The van der Waals surface area contributed by atoms with Crippen LogP contribution in [0.2, 0.25) is 0 Å². The van der Waals surface area contributed by atoms with Crippen molar-refractivity contribution in [3.8, 4) is 0 Å². The molecule has 0 spiro atoms. The van der Waals surface area contributed by atoms with Crippen molar-refractivity contribution in [3.63, 3.8) is 0 Å². The standard InChI is InChI=1S/C22H29N3O7S/c1-14(2)20(27)31-13-24-10-9-16-17(19(24)26)7-6-8-18(16)33(29,30)25-11-15(12-25)23-21(28)32-22(3,4)5/h6-10,14-15H,11-13H2,1-5H3,(H,23,28). The number of hydrogen-bond acceptors (Lipinski definition) is 7. The molecule has 0 atom stereocenters. The maximum Gasteiger partial charge on any atom is 0.407 e. The van der Waals surface area contributed by atoms with Crippen LogP contribution in [-0.2, 0) is 31.0 Å². The van der Waals surface area contributed by atoms with Gasteiger partial charge in [-0.1, -0.05) is 19.9 Å². The lowest BCUT2D eigenvalue weighted by Gasteiger charge is -2.38. The van der Waals surface area contributed by atoms with E-state index >= 15 is 0 Å². The maximum absolute atomic E-state index is 13.2. The van der Waals surface area contributed by atoms with Gasteiger partial charge in [0.15, 0.2) is 6.73 Å². The number of esters is 1. The van der Waals surface area contributed by atoms with Crippen molar-refractivity contribution in [3.05, 3.63) is 40.8 Å². The van der Waals surface area contributed by atoms with Crippen LogP contribution in [0.1, 0.15) is 34.6 Å². The molecule has 0 saturated carbocycles. The highest BCUT2D eigenvalue weighted by atomic mass is 32.2. The van der Waals surface area contributed by atoms with Crippen molar-refractivity contribution >= 4 is 32.9 Å². The van der Waals surface area contributed by atoms with Gasteiger partial charge in [-0.25, -0.2) is 13.2 Å². The van der Waals surface area contributed by atoms with Crippen LogP contribution < -0.4 is 10.9 Å². The number of nitrogens with zero attached hydrogens (tertiary/aromatic N) is 2. The van der Waals surface area contributed by atoms with E-state index in [1.54, 1.807) is 34.6 Å². The zero-order chi connectivity index (χ0) is 24.6. The fourth-order valence-corrected chi connectivity index (χ4v) is 4.99. The first-order chi connectivity index (χ1) is 15.3. The molecule has 0 unspecified atom stereocenters. The lowest BCUT2D eigenvalue weighted by Crippen LogP contribution is -2.61. The first-order valence-corrected chi connectivity index (χ1v) is 12.0. The summed E-state index contributed by atoms with van der Waals surface area (Å²) in [7, 11) is -3.89. The average molecular weight is 480 g/mol. The van der Waals surface area contributed by atoms with Gasteiger partial charge < -0.3 is 14.8 Å². The van der Waals surface area contributed by atoms with Crippen LogP contribution in [0.3, 0.4) is 0 Å². The lowest BCUT2D eigenvalue weighted by atomic mass is 10.2. The molecular formula is C22H29N3O7S. The number of alkyl carbamates (subject to hydrolysis) is 1. The monoisotopic (exact) mass is 479 g/mol. The molecule has 1 aliphatic rings. The number of aromatic nitrogens is 1. The quantitative estimate of drug-likeness (QED) is 0.629. The smallest absolute Gasteiger partial charge is 0.407 e. The minimum absolute atomic E-state index is 0.000793. The summed E-state index contributed by atoms with van der Waals surface area (Å²) in [5.74, 6) is -0.770. The molecule has 1 N–H and O–H groups in total. The Labute approximate surface area is 192 Å². The zero-order valence-corrected chi connectivity index (χ0v) is 20.1. The third kappa shape index (κ3) is 5.53. The first kappa shape index (κ1) is 24.7. The van der Waals surface area contributed by atoms with Crippen LogP contribution in [0.15, 0.2) is 40.2 Å². The molecule has 1 fully saturated rings. The molecule has 33 heavy (non-hydrogen) atoms. The highest BCUT2D eigenvalue weighted by molar-refractivity contribution is 7.89. The van der Waals surface area contributed by atoms with Crippen molar-refractivity contribution in [2.75, 3.05) is 13.1 Å². The molecule has 1 aromatic heterocycles. The highest BCUT2D eigenvalue weighted by Crippen LogP contribution is 2.27. The van der Waals surface area contributed by atoms with E-state index in [-0.39, 0.29) is 47.4 Å². The number of carbonyl (C=O) groups excluding carboxylic acids is 2. The molecule has 3 rings (SSSR count). The topological polar surface area (TPSA) is 124 Å². The average Bonchev–Trinajstić information content (AvgIpc) is 2.67. The predicted molar refractivity (Wildman–Crippen MR) is 121 cm³/mol. The second-order valence-corrected chi connectivity index (χ2v) is 11.1. The predicted octanol–water partition coefficient (Wildman–Crippen LogP) is 2.06. The molecule has 0 bridgehead atoms. The summed E-state index contributed by atoms with van der Waals surface area (Å²) in [6.45, 7) is 8.54. The number of hydrogen-bond donors (Lipinski definition) is 1. The van der Waals surface area contributed by atoms with Crippen LogP contribution in [0, 0.1) is 5.92 Å². The Morgan fingerprint density at radius 1 is 1.15 bits per heavy atom. The van der Waals surface area contributed by atoms with Gasteiger partial charge in [0.1, 0.15) is 5.60 Å². The highest BCUT2D eigenvalue weighted by Gasteiger charge is 2.39. The maximum atomic E-state index is 13.2. The molecule has 1 amide bonds. The summed E-state index contributed by atoms with van der Waals surface area (Å²) in [4.78, 5) is 36.4. The molecule has 1 aromatic carbocycles. The van der Waals surface area contributed by atoms with Gasteiger partial charge in [-0.2, -0.15) is 4.31 Å². The van der Waals surface area contributed by atoms with Crippen LogP contribution >= 0.6 is 0 Å². The minimum Gasteiger partial charge on any atom is -0.444 e. The molecule has 10 nitrogen and oxygen atoms in total. The summed E-state index contributed by atoms with van der Waals surface area (Å²) < 4.78 is 39.1. The van der Waals surface area contributed by atoms with Gasteiger partial charge in [0, 0.05) is 30.1 Å². The second kappa shape index (κ2) is 9.14. The summed E-state index contributed by atoms with van der Waals surface area (Å²) in [6.07, 6.45) is 0.800. The summed E-state index contributed by atoms with van der Waals surface area (Å²) in [6, 6.07) is 5.62. The lowest BCUT2D eigenvalue weighted by molar-refractivity contribution is -0.151. The normalized spacial score (nSPS) is 15.3. The van der Waals surface area contributed by atoms with Gasteiger partial charge in [-0.3, -0.25) is 14.2 Å². The number of ether oxygens (including phenoxy) is 2. The van der Waals surface area contributed by atoms with Crippen LogP contribution in [0.4, 0.5) is 4.79 Å². The van der Waals surface area contributed by atoms with E-state index in [9.17, 15) is 22.8 Å². The SMILES string of the molecule is CC(C)C(=O)OCn1ccc2c(S(=O)(=O)N3CC(NC(=O)OC(C)(C)C)C3)cccc2c1=O. The van der Waals surface area contributed by atoms with E-state index in [2.05, 4.69) is 5.32 Å². The van der Waals surface area contributed by atoms with Gasteiger partial charge >= 0.3 is 12.1 Å². The van der Waals surface area contributed by atoms with Crippen molar-refractivity contribution < 1.29 is 27.5 Å². The van der Waals surface area contributed by atoms with Gasteiger partial charge in [0.25, 0.3) is 5.56 Å². The molecule has 0 aliphatic carbocycles. The summed E-state index contributed by atoms with van der Waals surface area (Å²) in [5.41, 5.74) is -1.11. The number of pyridine rings is 1. The van der Waals surface area contributed by atoms with Crippen LogP contribution in [0.25, 0.3) is 10.8 Å². The Hall–Kier alpha value is -2.92. The second-order valence-electron chi connectivity index (χ2n) is 9.22. The molecular weight excluding hydrogens is 450 g/mol. The molecule has 180 valence electrons. The number of rotatable bonds is 6. The van der Waals surface area contributed by atoms with Crippen LogP contribution in [-0.4, -0.2) is 54.1 Å². The fourth-order valence-electron chi connectivity index (χ4n) is 3.25. The van der Waals surface area contributed by atoms with Gasteiger partial charge in [-0.15, -0.1) is 0 Å². The Morgan fingerprint density at radius 2 is 1.82 bits per heavy atom. The zero-order valence-electron chi connectivity index (χ0n) is 19.3. The van der Waals surface area contributed by atoms with Gasteiger partial charge in [-0.05, 0) is 39.0 Å². The van der Waals surface area contributed by atoms with E-state index in [4.69, 9.17) is 9.47 Å². The molecule has 2 aromatic rings. The third-order valence-electron chi connectivity index (χ3n) is 4.98. The number of benzene rings is 1. The fraction of sp³-hybridized carbons (Fsp3) is 0.500. The van der Waals surface area contributed by atoms with E-state index < -0.39 is 33.2 Å². The van der Waals surface area contributed by atoms with Crippen molar-refractivity contribution in [1.82, 2.24) is 14.2 Å².